The average molecular weight is 276 g/mol. The quantitative estimate of drug-likeness (QED) is 0.919. The van der Waals surface area contributed by atoms with E-state index >= 15 is 0 Å². The lowest BCUT2D eigenvalue weighted by Crippen LogP contribution is -2.44. The zero-order chi connectivity index (χ0) is 14.5. The van der Waals surface area contributed by atoms with E-state index in [0.29, 0.717) is 5.56 Å². The van der Waals surface area contributed by atoms with Crippen LogP contribution in [0.1, 0.15) is 38.8 Å². The Morgan fingerprint density at radius 1 is 1.47 bits per heavy atom. The monoisotopic (exact) mass is 276 g/mol. The van der Waals surface area contributed by atoms with Gasteiger partial charge in [-0.1, -0.05) is 12.1 Å². The van der Waals surface area contributed by atoms with Crippen LogP contribution in [0.3, 0.4) is 0 Å². The van der Waals surface area contributed by atoms with E-state index in [1.165, 1.54) is 0 Å². The molecule has 0 saturated heterocycles. The molecule has 0 spiro atoms. The fourth-order valence-electron chi connectivity index (χ4n) is 1.50. The van der Waals surface area contributed by atoms with E-state index < -0.39 is 0 Å². The van der Waals surface area contributed by atoms with Gasteiger partial charge in [0, 0.05) is 11.3 Å². The maximum absolute atomic E-state index is 11.9. The maximum atomic E-state index is 11.9. The van der Waals surface area contributed by atoms with Crippen molar-refractivity contribution in [2.45, 2.75) is 44.2 Å². The summed E-state index contributed by atoms with van der Waals surface area (Å²) in [5.74, 6) is 0.780. The van der Waals surface area contributed by atoms with Crippen LogP contribution in [0.5, 0.6) is 0 Å². The van der Waals surface area contributed by atoms with Crippen LogP contribution >= 0.6 is 11.8 Å². The number of carbonyl (C=O) groups is 1. The molecule has 0 aliphatic heterocycles. The zero-order valence-electron chi connectivity index (χ0n) is 11.9. The second kappa shape index (κ2) is 6.63. The number of benzene rings is 1. The molecule has 1 atom stereocenters. The number of hydrogen-bond donors (Lipinski definition) is 1. The van der Waals surface area contributed by atoms with E-state index in [-0.39, 0.29) is 16.7 Å². The number of hydrogen-bond acceptors (Lipinski definition) is 3. The van der Waals surface area contributed by atoms with E-state index in [2.05, 4.69) is 11.4 Å². The van der Waals surface area contributed by atoms with Crippen LogP contribution in [0.25, 0.3) is 0 Å². The van der Waals surface area contributed by atoms with Crippen LogP contribution in [-0.2, 0) is 10.5 Å². The SMILES string of the molecule is CC(SCc1cccc(C#N)c1)C(=O)NC(C)(C)C. The average Bonchev–Trinajstić information content (AvgIpc) is 2.34. The fourth-order valence-corrected chi connectivity index (χ4v) is 2.33. The van der Waals surface area contributed by atoms with Gasteiger partial charge in [-0.15, -0.1) is 11.8 Å². The van der Waals surface area contributed by atoms with Gasteiger partial charge < -0.3 is 5.32 Å². The van der Waals surface area contributed by atoms with Crippen molar-refractivity contribution in [1.82, 2.24) is 5.32 Å². The Labute approximate surface area is 119 Å². The number of thioether (sulfide) groups is 1. The highest BCUT2D eigenvalue weighted by Crippen LogP contribution is 2.19. The van der Waals surface area contributed by atoms with Gasteiger partial charge in [-0.05, 0) is 45.4 Å². The highest BCUT2D eigenvalue weighted by Gasteiger charge is 2.19. The molecule has 0 aliphatic carbocycles. The summed E-state index contributed by atoms with van der Waals surface area (Å²) in [7, 11) is 0. The number of nitriles is 1. The minimum atomic E-state index is -0.202. The third kappa shape index (κ3) is 5.80. The number of carbonyl (C=O) groups excluding carboxylic acids is 1. The fraction of sp³-hybridized carbons (Fsp3) is 0.467. The molecule has 3 nitrogen and oxygen atoms in total. The van der Waals surface area contributed by atoms with Crippen molar-refractivity contribution in [2.75, 3.05) is 0 Å². The second-order valence-electron chi connectivity index (χ2n) is 5.50. The van der Waals surface area contributed by atoms with Crippen LogP contribution in [0.4, 0.5) is 0 Å². The van der Waals surface area contributed by atoms with Gasteiger partial charge in [-0.2, -0.15) is 5.26 Å². The standard InChI is InChI=1S/C15H20N2OS/c1-11(14(18)17-15(2,3)4)19-10-13-7-5-6-12(8-13)9-16/h5-8,11H,10H2,1-4H3,(H,17,18). The van der Waals surface area contributed by atoms with Gasteiger partial charge in [0.2, 0.25) is 5.91 Å². The first-order valence-corrected chi connectivity index (χ1v) is 7.29. The first-order chi connectivity index (χ1) is 8.81. The molecule has 19 heavy (non-hydrogen) atoms. The zero-order valence-corrected chi connectivity index (χ0v) is 12.7. The topological polar surface area (TPSA) is 52.9 Å². The smallest absolute Gasteiger partial charge is 0.233 e. The van der Waals surface area contributed by atoms with Crippen molar-refractivity contribution in [3.63, 3.8) is 0 Å². The van der Waals surface area contributed by atoms with Gasteiger partial charge >= 0.3 is 0 Å². The van der Waals surface area contributed by atoms with Crippen LogP contribution in [0.2, 0.25) is 0 Å². The third-order valence-corrected chi connectivity index (χ3v) is 3.64. The van der Waals surface area contributed by atoms with E-state index in [9.17, 15) is 4.79 Å². The van der Waals surface area contributed by atoms with Crippen molar-refractivity contribution in [3.8, 4) is 6.07 Å². The summed E-state index contributed by atoms with van der Waals surface area (Å²) < 4.78 is 0. The molecule has 1 amide bonds. The van der Waals surface area contributed by atoms with E-state index in [4.69, 9.17) is 5.26 Å². The molecule has 0 heterocycles. The Morgan fingerprint density at radius 2 is 2.16 bits per heavy atom. The first-order valence-electron chi connectivity index (χ1n) is 6.24. The van der Waals surface area contributed by atoms with Gasteiger partial charge in [0.25, 0.3) is 0 Å². The molecular weight excluding hydrogens is 256 g/mol. The minimum absolute atomic E-state index is 0.0499. The molecule has 102 valence electrons. The summed E-state index contributed by atoms with van der Waals surface area (Å²) in [6, 6.07) is 9.61. The molecule has 1 aromatic carbocycles. The Balaban J connectivity index is 2.52. The molecule has 0 aromatic heterocycles. The lowest BCUT2D eigenvalue weighted by Gasteiger charge is -2.23. The summed E-state index contributed by atoms with van der Waals surface area (Å²) in [4.78, 5) is 11.9. The third-order valence-electron chi connectivity index (χ3n) is 2.42. The molecule has 1 rings (SSSR count). The number of rotatable bonds is 4. The molecule has 0 fully saturated rings. The van der Waals surface area contributed by atoms with Gasteiger partial charge in [0.1, 0.15) is 0 Å². The highest BCUT2D eigenvalue weighted by atomic mass is 32.2. The molecule has 0 radical (unpaired) electrons. The number of nitrogens with one attached hydrogen (secondary N) is 1. The number of nitrogens with zero attached hydrogens (tertiary/aromatic N) is 1. The van der Waals surface area contributed by atoms with E-state index in [1.54, 1.807) is 17.8 Å². The van der Waals surface area contributed by atoms with Gasteiger partial charge in [-0.25, -0.2) is 0 Å². The summed E-state index contributed by atoms with van der Waals surface area (Å²) in [5, 5.41) is 11.7. The van der Waals surface area contributed by atoms with Gasteiger partial charge in [0.15, 0.2) is 0 Å². The molecule has 4 heteroatoms. The Hall–Kier alpha value is -1.47. The van der Waals surface area contributed by atoms with Crippen molar-refractivity contribution < 1.29 is 4.79 Å². The van der Waals surface area contributed by atoms with Gasteiger partial charge in [-0.3, -0.25) is 4.79 Å². The first kappa shape index (κ1) is 15.6. The number of amides is 1. The van der Waals surface area contributed by atoms with Crippen molar-refractivity contribution in [3.05, 3.63) is 35.4 Å². The van der Waals surface area contributed by atoms with E-state index in [0.717, 1.165) is 11.3 Å². The lowest BCUT2D eigenvalue weighted by molar-refractivity contribution is -0.121. The summed E-state index contributed by atoms with van der Waals surface area (Å²) in [5.41, 5.74) is 1.52. The Kier molecular flexibility index (Phi) is 5.44. The van der Waals surface area contributed by atoms with E-state index in [1.807, 2.05) is 45.9 Å². The van der Waals surface area contributed by atoms with Crippen molar-refractivity contribution in [1.29, 1.82) is 5.26 Å². The molecule has 0 aliphatic rings. The molecule has 1 unspecified atom stereocenters. The summed E-state index contributed by atoms with van der Waals surface area (Å²) in [6.45, 7) is 7.82. The molecule has 1 N–H and O–H groups in total. The second-order valence-corrected chi connectivity index (χ2v) is 6.83. The van der Waals surface area contributed by atoms with Crippen LogP contribution < -0.4 is 5.32 Å². The molecular formula is C15H20N2OS. The lowest BCUT2D eigenvalue weighted by atomic mass is 10.1. The summed E-state index contributed by atoms with van der Waals surface area (Å²) in [6.07, 6.45) is 0. The van der Waals surface area contributed by atoms with Crippen LogP contribution in [0, 0.1) is 11.3 Å². The largest absolute Gasteiger partial charge is 0.351 e. The van der Waals surface area contributed by atoms with Crippen molar-refractivity contribution >= 4 is 17.7 Å². The van der Waals surface area contributed by atoms with Crippen molar-refractivity contribution in [2.24, 2.45) is 0 Å². The van der Waals surface area contributed by atoms with Gasteiger partial charge in [0.05, 0.1) is 16.9 Å². The maximum Gasteiger partial charge on any atom is 0.233 e. The van der Waals surface area contributed by atoms with Crippen LogP contribution in [0.15, 0.2) is 24.3 Å². The minimum Gasteiger partial charge on any atom is -0.351 e. The molecule has 1 aromatic rings. The molecule has 0 saturated carbocycles. The Bertz CT molecular complexity index is 486. The predicted octanol–water partition coefficient (Wildman–Crippen LogP) is 3.09. The predicted molar refractivity (Wildman–Crippen MR) is 79.8 cm³/mol. The summed E-state index contributed by atoms with van der Waals surface area (Å²) >= 11 is 1.58. The van der Waals surface area contributed by atoms with Crippen LogP contribution in [-0.4, -0.2) is 16.7 Å². The Morgan fingerprint density at radius 3 is 2.74 bits per heavy atom. The molecule has 0 bridgehead atoms. The normalized spacial score (nSPS) is 12.6. The highest BCUT2D eigenvalue weighted by molar-refractivity contribution is 7.99.